The standard InChI is InChI=1S/C20H11Cl2FN4O2/c21-11-5-7-13(15(22)9-11)19-24-17-4-2-1-3-14(17)20(26-19)25-18-10-12(27(28)29)6-8-16(18)23/h1-10H,(H,24,25,26). The molecular weight excluding hydrogens is 418 g/mol. The highest BCUT2D eigenvalue weighted by atomic mass is 35.5. The second-order valence-corrected chi connectivity index (χ2v) is 6.93. The van der Waals surface area contributed by atoms with Crippen LogP contribution in [0.2, 0.25) is 10.0 Å². The van der Waals surface area contributed by atoms with Gasteiger partial charge in [-0.3, -0.25) is 10.1 Å². The van der Waals surface area contributed by atoms with E-state index in [4.69, 9.17) is 23.2 Å². The minimum absolute atomic E-state index is 0.0730. The molecule has 1 N–H and O–H groups in total. The number of para-hydroxylation sites is 1. The highest BCUT2D eigenvalue weighted by Gasteiger charge is 2.16. The third-order valence-electron chi connectivity index (χ3n) is 4.19. The molecule has 0 aliphatic heterocycles. The van der Waals surface area contributed by atoms with Crippen molar-refractivity contribution >= 4 is 51.3 Å². The number of fused-ring (bicyclic) bond motifs is 1. The van der Waals surface area contributed by atoms with E-state index in [0.29, 0.717) is 32.3 Å². The maximum atomic E-state index is 14.3. The molecule has 0 bridgehead atoms. The molecule has 0 spiro atoms. The van der Waals surface area contributed by atoms with Crippen molar-refractivity contribution in [3.8, 4) is 11.4 Å². The van der Waals surface area contributed by atoms with Crippen molar-refractivity contribution in [2.75, 3.05) is 5.32 Å². The fraction of sp³-hybridized carbons (Fsp3) is 0. The molecular formula is C20H11Cl2FN4O2. The van der Waals surface area contributed by atoms with Gasteiger partial charge in [0, 0.05) is 28.1 Å². The summed E-state index contributed by atoms with van der Waals surface area (Å²) in [4.78, 5) is 19.5. The van der Waals surface area contributed by atoms with Gasteiger partial charge in [-0.1, -0.05) is 35.3 Å². The molecule has 4 aromatic rings. The van der Waals surface area contributed by atoms with E-state index < -0.39 is 10.7 Å². The van der Waals surface area contributed by atoms with Crippen molar-refractivity contribution < 1.29 is 9.31 Å². The number of hydrogen-bond acceptors (Lipinski definition) is 5. The van der Waals surface area contributed by atoms with Gasteiger partial charge in [0.05, 0.1) is 21.2 Å². The van der Waals surface area contributed by atoms with Crippen LogP contribution in [-0.2, 0) is 0 Å². The van der Waals surface area contributed by atoms with Crippen molar-refractivity contribution in [3.05, 3.63) is 86.6 Å². The second-order valence-electron chi connectivity index (χ2n) is 6.08. The van der Waals surface area contributed by atoms with Crippen LogP contribution in [0.4, 0.5) is 21.6 Å². The minimum atomic E-state index is -0.649. The molecule has 144 valence electrons. The fourth-order valence-corrected chi connectivity index (χ4v) is 3.31. The van der Waals surface area contributed by atoms with Gasteiger partial charge in [0.1, 0.15) is 11.6 Å². The van der Waals surface area contributed by atoms with E-state index in [2.05, 4.69) is 15.3 Å². The molecule has 9 heteroatoms. The van der Waals surface area contributed by atoms with Crippen molar-refractivity contribution in [3.63, 3.8) is 0 Å². The lowest BCUT2D eigenvalue weighted by atomic mass is 10.1. The summed E-state index contributed by atoms with van der Waals surface area (Å²) < 4.78 is 14.3. The zero-order valence-electron chi connectivity index (χ0n) is 14.6. The first-order chi connectivity index (χ1) is 13.9. The Morgan fingerprint density at radius 2 is 1.79 bits per heavy atom. The molecule has 3 aromatic carbocycles. The molecule has 0 amide bonds. The average molecular weight is 429 g/mol. The van der Waals surface area contributed by atoms with Crippen LogP contribution in [0.1, 0.15) is 0 Å². The molecule has 0 saturated carbocycles. The van der Waals surface area contributed by atoms with Crippen LogP contribution in [0.5, 0.6) is 0 Å². The summed E-state index contributed by atoms with van der Waals surface area (Å²) in [5, 5.41) is 15.3. The minimum Gasteiger partial charge on any atom is -0.337 e. The average Bonchev–Trinajstić information content (AvgIpc) is 2.69. The number of hydrogen-bond donors (Lipinski definition) is 1. The van der Waals surface area contributed by atoms with E-state index in [0.717, 1.165) is 18.2 Å². The summed E-state index contributed by atoms with van der Waals surface area (Å²) in [5.41, 5.74) is 0.825. The number of halogens is 3. The third-order valence-corrected chi connectivity index (χ3v) is 4.74. The Morgan fingerprint density at radius 1 is 1.00 bits per heavy atom. The lowest BCUT2D eigenvalue weighted by Crippen LogP contribution is -2.02. The van der Waals surface area contributed by atoms with Gasteiger partial charge >= 0.3 is 0 Å². The number of nitrogens with zero attached hydrogens (tertiary/aromatic N) is 3. The SMILES string of the molecule is O=[N+]([O-])c1ccc(F)c(Nc2nc(-c3ccc(Cl)cc3Cl)nc3ccccc23)c1. The van der Waals surface area contributed by atoms with Crippen LogP contribution < -0.4 is 5.32 Å². The van der Waals surface area contributed by atoms with Gasteiger partial charge in [-0.05, 0) is 36.4 Å². The Bertz CT molecular complexity index is 1270. The highest BCUT2D eigenvalue weighted by Crippen LogP contribution is 2.33. The zero-order valence-corrected chi connectivity index (χ0v) is 16.1. The number of nitro groups is 1. The highest BCUT2D eigenvalue weighted by molar-refractivity contribution is 6.36. The van der Waals surface area contributed by atoms with Crippen molar-refractivity contribution in [2.24, 2.45) is 0 Å². The first-order valence-corrected chi connectivity index (χ1v) is 9.11. The Hall–Kier alpha value is -3.29. The van der Waals surface area contributed by atoms with Gasteiger partial charge in [0.15, 0.2) is 5.82 Å². The van der Waals surface area contributed by atoms with E-state index in [1.165, 1.54) is 0 Å². The largest absolute Gasteiger partial charge is 0.337 e. The van der Waals surface area contributed by atoms with E-state index in [-0.39, 0.29) is 17.2 Å². The number of nitro benzene ring substituents is 1. The number of non-ortho nitro benzene ring substituents is 1. The predicted molar refractivity (Wildman–Crippen MR) is 111 cm³/mol. The normalized spacial score (nSPS) is 10.9. The van der Waals surface area contributed by atoms with Crippen LogP contribution >= 0.6 is 23.2 Å². The van der Waals surface area contributed by atoms with Gasteiger partial charge in [0.25, 0.3) is 5.69 Å². The molecule has 0 radical (unpaired) electrons. The molecule has 4 rings (SSSR count). The summed E-state index contributed by atoms with van der Waals surface area (Å²) in [5.74, 6) is -0.0564. The molecule has 0 aliphatic carbocycles. The zero-order chi connectivity index (χ0) is 20.5. The molecule has 0 unspecified atom stereocenters. The third kappa shape index (κ3) is 3.83. The van der Waals surface area contributed by atoms with Crippen molar-refractivity contribution in [1.82, 2.24) is 9.97 Å². The monoisotopic (exact) mass is 428 g/mol. The van der Waals surface area contributed by atoms with E-state index >= 15 is 0 Å². The van der Waals surface area contributed by atoms with Gasteiger partial charge in [-0.2, -0.15) is 0 Å². The summed E-state index contributed by atoms with van der Waals surface area (Å²) in [6.07, 6.45) is 0. The summed E-state index contributed by atoms with van der Waals surface area (Å²) >= 11 is 12.3. The Labute approximate surface area is 174 Å². The van der Waals surface area contributed by atoms with Crippen LogP contribution in [0, 0.1) is 15.9 Å². The molecule has 0 atom stereocenters. The quantitative estimate of drug-likeness (QED) is 0.300. The molecule has 0 fully saturated rings. The van der Waals surface area contributed by atoms with Crippen molar-refractivity contribution in [1.29, 1.82) is 0 Å². The fourth-order valence-electron chi connectivity index (χ4n) is 2.81. The second kappa shape index (κ2) is 7.62. The number of aromatic nitrogens is 2. The Morgan fingerprint density at radius 3 is 2.55 bits per heavy atom. The van der Waals surface area contributed by atoms with Gasteiger partial charge < -0.3 is 5.32 Å². The Balaban J connectivity index is 1.88. The smallest absolute Gasteiger partial charge is 0.271 e. The number of nitrogens with one attached hydrogen (secondary N) is 1. The predicted octanol–water partition coefficient (Wildman–Crippen LogP) is 6.39. The number of rotatable bonds is 4. The molecule has 0 aliphatic rings. The number of benzene rings is 3. The lowest BCUT2D eigenvalue weighted by molar-refractivity contribution is -0.384. The summed E-state index contributed by atoms with van der Waals surface area (Å²) in [6, 6.07) is 15.3. The van der Waals surface area contributed by atoms with Crippen molar-refractivity contribution in [2.45, 2.75) is 0 Å². The number of anilines is 2. The summed E-state index contributed by atoms with van der Waals surface area (Å²) in [7, 11) is 0. The Kier molecular flexibility index (Phi) is 5.00. The molecule has 1 aromatic heterocycles. The van der Waals surface area contributed by atoms with Gasteiger partial charge in [0.2, 0.25) is 0 Å². The topological polar surface area (TPSA) is 81.0 Å². The van der Waals surface area contributed by atoms with Crippen LogP contribution in [0.25, 0.3) is 22.3 Å². The van der Waals surface area contributed by atoms with E-state index in [1.54, 1.807) is 42.5 Å². The van der Waals surface area contributed by atoms with E-state index in [1.807, 2.05) is 0 Å². The molecule has 0 saturated heterocycles. The summed E-state index contributed by atoms with van der Waals surface area (Å²) in [6.45, 7) is 0. The maximum absolute atomic E-state index is 14.3. The van der Waals surface area contributed by atoms with Gasteiger partial charge in [-0.25, -0.2) is 14.4 Å². The molecule has 1 heterocycles. The lowest BCUT2D eigenvalue weighted by Gasteiger charge is -2.12. The van der Waals surface area contributed by atoms with Crippen LogP contribution in [0.15, 0.2) is 60.7 Å². The first kappa shape index (κ1) is 19.0. The maximum Gasteiger partial charge on any atom is 0.271 e. The van der Waals surface area contributed by atoms with Crippen LogP contribution in [-0.4, -0.2) is 14.9 Å². The first-order valence-electron chi connectivity index (χ1n) is 8.35. The molecule has 29 heavy (non-hydrogen) atoms. The molecule has 6 nitrogen and oxygen atoms in total. The van der Waals surface area contributed by atoms with Crippen LogP contribution in [0.3, 0.4) is 0 Å². The van der Waals surface area contributed by atoms with Gasteiger partial charge in [-0.15, -0.1) is 0 Å². The van der Waals surface area contributed by atoms with E-state index in [9.17, 15) is 14.5 Å².